The van der Waals surface area contributed by atoms with E-state index in [2.05, 4.69) is 41.9 Å². The molecule has 0 atom stereocenters. The van der Waals surface area contributed by atoms with Gasteiger partial charge in [0.1, 0.15) is 5.84 Å². The van der Waals surface area contributed by atoms with E-state index in [0.29, 0.717) is 12.3 Å². The molecule has 1 aromatic carbocycles. The van der Waals surface area contributed by atoms with E-state index < -0.39 is 0 Å². The number of benzene rings is 1. The average Bonchev–Trinajstić information content (AvgIpc) is 2.91. The molecule has 30 heavy (non-hydrogen) atoms. The van der Waals surface area contributed by atoms with E-state index >= 15 is 0 Å². The molecule has 0 bridgehead atoms. The van der Waals surface area contributed by atoms with Crippen LogP contribution >= 0.6 is 0 Å². The largest absolute Gasteiger partial charge is 0.387 e. The first-order valence-electron chi connectivity index (χ1n) is 11.4. The minimum absolute atomic E-state index is 0.0827. The Morgan fingerprint density at radius 2 is 1.93 bits per heavy atom. The summed E-state index contributed by atoms with van der Waals surface area (Å²) in [4.78, 5) is 22.1. The molecule has 0 radical (unpaired) electrons. The Hall–Kier alpha value is -2.18. The number of aliphatic imine (C=N–C) groups is 1. The van der Waals surface area contributed by atoms with Crippen LogP contribution in [-0.2, 0) is 16.0 Å². The number of rotatable bonds is 9. The molecule has 2 aliphatic rings. The Morgan fingerprint density at radius 3 is 2.63 bits per heavy atom. The fraction of sp³-hybridized carbons (Fsp3) is 0.583. The Balaban J connectivity index is 1.70. The third-order valence-electron chi connectivity index (χ3n) is 5.65. The normalized spacial score (nSPS) is 17.0. The van der Waals surface area contributed by atoms with Crippen LogP contribution in [0.3, 0.4) is 0 Å². The van der Waals surface area contributed by atoms with Crippen molar-refractivity contribution in [2.24, 2.45) is 10.7 Å². The highest BCUT2D eigenvalue weighted by Gasteiger charge is 2.21. The number of amides is 1. The molecule has 1 saturated heterocycles. The van der Waals surface area contributed by atoms with E-state index in [0.717, 1.165) is 88.4 Å². The highest BCUT2D eigenvalue weighted by atomic mass is 16.5. The van der Waals surface area contributed by atoms with E-state index in [9.17, 15) is 4.79 Å². The molecular formula is C24H36N4O2. The van der Waals surface area contributed by atoms with Gasteiger partial charge in [0.05, 0.1) is 18.9 Å². The number of nitrogens with two attached hydrogens (primary N) is 1. The predicted octanol–water partition coefficient (Wildman–Crippen LogP) is 3.38. The fourth-order valence-electron chi connectivity index (χ4n) is 4.12. The number of fused-ring (bicyclic) bond motifs is 1. The maximum absolute atomic E-state index is 13.1. The van der Waals surface area contributed by atoms with Crippen molar-refractivity contribution in [1.29, 1.82) is 0 Å². The van der Waals surface area contributed by atoms with Gasteiger partial charge in [-0.1, -0.05) is 26.0 Å². The van der Waals surface area contributed by atoms with Crippen molar-refractivity contribution in [1.82, 2.24) is 9.80 Å². The first-order valence-corrected chi connectivity index (χ1v) is 11.4. The second-order valence-corrected chi connectivity index (χ2v) is 8.19. The van der Waals surface area contributed by atoms with Crippen molar-refractivity contribution in [3.05, 3.63) is 34.9 Å². The highest BCUT2D eigenvalue weighted by Crippen LogP contribution is 2.29. The predicted molar refractivity (Wildman–Crippen MR) is 123 cm³/mol. The average molecular weight is 413 g/mol. The van der Waals surface area contributed by atoms with Crippen LogP contribution in [0, 0.1) is 0 Å². The lowest BCUT2D eigenvalue weighted by Gasteiger charge is -2.26. The molecule has 0 spiro atoms. The van der Waals surface area contributed by atoms with Crippen molar-refractivity contribution in [3.8, 4) is 0 Å². The Kier molecular flexibility index (Phi) is 8.46. The van der Waals surface area contributed by atoms with Gasteiger partial charge in [0.15, 0.2) is 0 Å². The van der Waals surface area contributed by atoms with E-state index in [1.807, 2.05) is 11.0 Å². The lowest BCUT2D eigenvalue weighted by molar-refractivity contribution is -0.127. The van der Waals surface area contributed by atoms with Crippen molar-refractivity contribution in [2.45, 2.75) is 46.0 Å². The van der Waals surface area contributed by atoms with Crippen molar-refractivity contribution < 1.29 is 9.53 Å². The first-order chi connectivity index (χ1) is 14.6. The number of morpholine rings is 1. The molecular weight excluding hydrogens is 376 g/mol. The molecule has 2 aliphatic heterocycles. The molecule has 1 amide bonds. The molecule has 6 nitrogen and oxygen atoms in total. The Bertz CT molecular complexity index is 775. The summed E-state index contributed by atoms with van der Waals surface area (Å²) in [7, 11) is 0. The fourth-order valence-corrected chi connectivity index (χ4v) is 4.12. The van der Waals surface area contributed by atoms with Gasteiger partial charge in [-0.25, -0.2) is 4.99 Å². The number of hydrogen-bond donors (Lipinski definition) is 1. The number of ether oxygens (including phenoxy) is 1. The van der Waals surface area contributed by atoms with Crippen LogP contribution in [-0.4, -0.2) is 67.5 Å². The first kappa shape index (κ1) is 22.5. The molecule has 1 fully saturated rings. The van der Waals surface area contributed by atoms with Gasteiger partial charge >= 0.3 is 0 Å². The number of nitrogens with zero attached hydrogens (tertiary/aromatic N) is 3. The molecule has 3 rings (SSSR count). The molecule has 0 aliphatic carbocycles. The minimum Gasteiger partial charge on any atom is -0.387 e. The van der Waals surface area contributed by atoms with Crippen LogP contribution < -0.4 is 5.73 Å². The summed E-state index contributed by atoms with van der Waals surface area (Å²) in [6.45, 7) is 10.6. The SMILES string of the molecule is CCCN(CCC)C(=O)C1=Cc2ccc(CCCN3CCOCC3)cc2N=C(N)C1. The Morgan fingerprint density at radius 1 is 1.20 bits per heavy atom. The van der Waals surface area contributed by atoms with Gasteiger partial charge in [-0.3, -0.25) is 9.69 Å². The van der Waals surface area contributed by atoms with Gasteiger partial charge in [0, 0.05) is 43.7 Å². The van der Waals surface area contributed by atoms with Crippen molar-refractivity contribution in [3.63, 3.8) is 0 Å². The number of carbonyl (C=O) groups excluding carboxylic acids is 1. The molecule has 0 unspecified atom stereocenters. The summed E-state index contributed by atoms with van der Waals surface area (Å²) in [6, 6.07) is 6.36. The maximum Gasteiger partial charge on any atom is 0.250 e. The standard InChI is InChI=1S/C24H36N4O2/c1-3-9-28(10-4-2)24(29)21-17-20-8-7-19(16-22(20)26-23(25)18-21)6-5-11-27-12-14-30-15-13-27/h7-8,16-17H,3-6,9-15,18H2,1-2H3,(H2,25,26). The lowest BCUT2D eigenvalue weighted by Crippen LogP contribution is -2.36. The molecule has 0 saturated carbocycles. The summed E-state index contributed by atoms with van der Waals surface area (Å²) in [5, 5.41) is 0. The van der Waals surface area contributed by atoms with Gasteiger partial charge < -0.3 is 15.4 Å². The molecule has 2 N–H and O–H groups in total. The van der Waals surface area contributed by atoms with E-state index in [1.165, 1.54) is 5.56 Å². The molecule has 164 valence electrons. The molecule has 2 heterocycles. The van der Waals surface area contributed by atoms with Gasteiger partial charge in [-0.15, -0.1) is 0 Å². The zero-order chi connectivity index (χ0) is 21.3. The number of aryl methyl sites for hydroxylation is 1. The van der Waals surface area contributed by atoms with Crippen LogP contribution in [0.5, 0.6) is 0 Å². The van der Waals surface area contributed by atoms with Gasteiger partial charge in [-0.2, -0.15) is 0 Å². The van der Waals surface area contributed by atoms with Gasteiger partial charge in [0.2, 0.25) is 5.91 Å². The Labute approximate surface area is 180 Å². The quantitative estimate of drug-likeness (QED) is 0.675. The number of hydrogen-bond acceptors (Lipinski definition) is 5. The summed E-state index contributed by atoms with van der Waals surface area (Å²) in [5.74, 6) is 0.589. The smallest absolute Gasteiger partial charge is 0.250 e. The van der Waals surface area contributed by atoms with Crippen molar-refractivity contribution >= 4 is 23.5 Å². The number of carbonyl (C=O) groups is 1. The van der Waals surface area contributed by atoms with Gasteiger partial charge in [0.25, 0.3) is 0 Å². The minimum atomic E-state index is 0.0827. The van der Waals surface area contributed by atoms with E-state index in [-0.39, 0.29) is 5.91 Å². The summed E-state index contributed by atoms with van der Waals surface area (Å²) in [6.07, 6.45) is 6.41. The topological polar surface area (TPSA) is 71.2 Å². The monoisotopic (exact) mass is 412 g/mol. The maximum atomic E-state index is 13.1. The van der Waals surface area contributed by atoms with E-state index in [1.54, 1.807) is 0 Å². The van der Waals surface area contributed by atoms with Crippen LogP contribution in [0.2, 0.25) is 0 Å². The van der Waals surface area contributed by atoms with Gasteiger partial charge in [-0.05, 0) is 49.9 Å². The van der Waals surface area contributed by atoms with E-state index in [4.69, 9.17) is 10.5 Å². The highest BCUT2D eigenvalue weighted by molar-refractivity contribution is 6.05. The third-order valence-corrected chi connectivity index (χ3v) is 5.65. The van der Waals surface area contributed by atoms with Crippen LogP contribution in [0.15, 0.2) is 28.8 Å². The summed E-state index contributed by atoms with van der Waals surface area (Å²) < 4.78 is 5.41. The second-order valence-electron chi connectivity index (χ2n) is 8.19. The second kappa shape index (κ2) is 11.3. The third kappa shape index (κ3) is 6.16. The summed E-state index contributed by atoms with van der Waals surface area (Å²) in [5.41, 5.74) is 10.0. The van der Waals surface area contributed by atoms with Crippen LogP contribution in [0.4, 0.5) is 5.69 Å². The number of amidine groups is 1. The summed E-state index contributed by atoms with van der Waals surface area (Å²) >= 11 is 0. The zero-order valence-corrected chi connectivity index (χ0v) is 18.5. The molecule has 0 aromatic heterocycles. The van der Waals surface area contributed by atoms with Crippen molar-refractivity contribution in [2.75, 3.05) is 45.9 Å². The lowest BCUT2D eigenvalue weighted by atomic mass is 10.0. The molecule has 1 aromatic rings. The zero-order valence-electron chi connectivity index (χ0n) is 18.5. The van der Waals surface area contributed by atoms with Crippen LogP contribution in [0.25, 0.3) is 6.08 Å². The molecule has 6 heteroatoms. The van der Waals surface area contributed by atoms with Crippen LogP contribution in [0.1, 0.15) is 50.7 Å².